The number of aliphatic hydroxyl groups excluding tert-OH is 1. The molecule has 0 aliphatic carbocycles. The van der Waals surface area contributed by atoms with Crippen LogP contribution in [-0.2, 0) is 24.9 Å². The Bertz CT molecular complexity index is 1560. The summed E-state index contributed by atoms with van der Waals surface area (Å²) < 4.78 is 0. The van der Waals surface area contributed by atoms with Gasteiger partial charge < -0.3 is 5.11 Å². The molecule has 0 fully saturated rings. The maximum absolute atomic E-state index is 11.6. The first kappa shape index (κ1) is 34.1. The molecular weight excluding hydrogens is 701 g/mol. The summed E-state index contributed by atoms with van der Waals surface area (Å²) >= 11 is 0. The molecule has 1 N–H and O–H groups in total. The Balaban J connectivity index is 0.000000338. The molecule has 0 saturated heterocycles. The van der Waals surface area contributed by atoms with Crippen molar-refractivity contribution in [2.24, 2.45) is 11.8 Å². The summed E-state index contributed by atoms with van der Waals surface area (Å²) in [7, 11) is -1.37. The third kappa shape index (κ3) is 8.46. The fourth-order valence-corrected chi connectivity index (χ4v) is 5.79. The number of carbonyl (C=O) groups excluding carboxylic acids is 1. The van der Waals surface area contributed by atoms with Crippen LogP contribution in [-0.4, -0.2) is 23.9 Å². The molecule has 1 unspecified atom stereocenters. The van der Waals surface area contributed by atoms with Crippen molar-refractivity contribution >= 4 is 40.6 Å². The monoisotopic (exact) mass is 742 g/mol. The minimum Gasteiger partial charge on any atom is -0.512 e. The zero-order valence-corrected chi connectivity index (χ0v) is 28.6. The van der Waals surface area contributed by atoms with E-state index >= 15 is 0 Å². The van der Waals surface area contributed by atoms with E-state index in [1.807, 2.05) is 64.2 Å². The molecule has 0 aliphatic rings. The average Bonchev–Trinajstić information content (AvgIpc) is 2.95. The van der Waals surface area contributed by atoms with E-state index in [-0.39, 0.29) is 43.5 Å². The van der Waals surface area contributed by atoms with Gasteiger partial charge >= 0.3 is 0 Å². The van der Waals surface area contributed by atoms with Crippen molar-refractivity contribution in [3.8, 4) is 17.3 Å². The number of nitriles is 1. The molecule has 1 atom stereocenters. The van der Waals surface area contributed by atoms with Crippen LogP contribution in [0.4, 0.5) is 0 Å². The maximum Gasteiger partial charge on any atom is 0.162 e. The van der Waals surface area contributed by atoms with Gasteiger partial charge in [0.15, 0.2) is 5.78 Å². The van der Waals surface area contributed by atoms with Gasteiger partial charge in [0.05, 0.1) is 19.9 Å². The van der Waals surface area contributed by atoms with E-state index in [0.717, 1.165) is 46.7 Å². The van der Waals surface area contributed by atoms with Gasteiger partial charge in [-0.3, -0.25) is 9.78 Å². The number of allylic oxidation sites excluding steroid dienone is 2. The van der Waals surface area contributed by atoms with Crippen LogP contribution >= 0.6 is 0 Å². The first-order chi connectivity index (χ1) is 19.0. The van der Waals surface area contributed by atoms with Crippen LogP contribution in [0, 0.1) is 29.2 Å². The van der Waals surface area contributed by atoms with Gasteiger partial charge in [0, 0.05) is 49.9 Å². The zero-order valence-electron chi connectivity index (χ0n) is 25.2. The van der Waals surface area contributed by atoms with E-state index in [9.17, 15) is 15.2 Å². The number of pyridine rings is 1. The Labute approximate surface area is 259 Å². The van der Waals surface area contributed by atoms with E-state index < -0.39 is 8.07 Å². The number of ketones is 1. The number of benzene rings is 3. The van der Waals surface area contributed by atoms with Gasteiger partial charge in [-0.2, -0.15) is 5.26 Å². The van der Waals surface area contributed by atoms with Gasteiger partial charge in [-0.25, -0.2) is 0 Å². The Morgan fingerprint density at radius 2 is 1.71 bits per heavy atom. The largest absolute Gasteiger partial charge is 0.512 e. The van der Waals surface area contributed by atoms with Crippen molar-refractivity contribution in [1.82, 2.24) is 4.98 Å². The van der Waals surface area contributed by atoms with E-state index in [1.165, 1.54) is 16.6 Å². The number of aromatic nitrogens is 1. The minimum absolute atomic E-state index is 0. The molecule has 6 heteroatoms. The smallest absolute Gasteiger partial charge is 0.162 e. The number of rotatable bonds is 8. The van der Waals surface area contributed by atoms with Crippen LogP contribution in [0.1, 0.15) is 52.5 Å². The molecule has 41 heavy (non-hydrogen) atoms. The van der Waals surface area contributed by atoms with Crippen molar-refractivity contribution in [3.63, 3.8) is 0 Å². The third-order valence-corrected chi connectivity index (χ3v) is 9.62. The van der Waals surface area contributed by atoms with Gasteiger partial charge in [0.25, 0.3) is 0 Å². The average molecular weight is 742 g/mol. The summed E-state index contributed by atoms with van der Waals surface area (Å²) in [5.41, 5.74) is 2.41. The van der Waals surface area contributed by atoms with Gasteiger partial charge in [-0.05, 0) is 41.7 Å². The number of aliphatic hydroxyl groups is 1. The Kier molecular flexibility index (Phi) is 12.7. The molecule has 0 amide bonds. The Hall–Kier alpha value is -3.10. The topological polar surface area (TPSA) is 74.0 Å². The van der Waals surface area contributed by atoms with Crippen molar-refractivity contribution in [1.29, 1.82) is 5.26 Å². The standard InChI is InChI=1S/C23H19N2Si.C12H22O2.Ir/c1-26(2,3)20-8-9-22-17(14-20)10-11-25-23(22)18-12-16-6-4-5-7-21(16)19(13-18)15-24;1-5-9(4)11(13)8-12(14)10(6-2)7-3;/h4-11,13-14H,1-3H3;8-10,13H,5-7H2,1-4H3;/q-1;;/b;11-8-;. The molecule has 4 nitrogen and oxygen atoms in total. The number of hydrogen-bond donors (Lipinski definition) is 1. The van der Waals surface area contributed by atoms with E-state index in [1.54, 1.807) is 0 Å². The van der Waals surface area contributed by atoms with Crippen LogP contribution < -0.4 is 5.19 Å². The zero-order chi connectivity index (χ0) is 29.4. The predicted octanol–water partition coefficient (Wildman–Crippen LogP) is 8.75. The number of hydrogen-bond acceptors (Lipinski definition) is 4. The molecule has 3 aromatic carbocycles. The number of nitrogens with zero attached hydrogens (tertiary/aromatic N) is 2. The molecule has 0 aliphatic heterocycles. The quantitative estimate of drug-likeness (QED) is 0.0849. The van der Waals surface area contributed by atoms with E-state index in [2.05, 4.69) is 61.0 Å². The van der Waals surface area contributed by atoms with Crippen LogP contribution in [0.15, 0.2) is 72.6 Å². The first-order valence-electron chi connectivity index (χ1n) is 14.2. The number of fused-ring (bicyclic) bond motifs is 2. The summed E-state index contributed by atoms with van der Waals surface area (Å²) in [5, 5.41) is 24.7. The molecule has 1 aromatic heterocycles. The SMILES string of the molecule is CCC(CC)C(=O)/C=C(\O)C(C)CC.C[Si](C)(C)c1ccc2c(-c3[c-]c4ccccc4c(C#N)c3)nccc2c1.[Ir]. The van der Waals surface area contributed by atoms with Crippen molar-refractivity contribution in [2.45, 2.75) is 66.6 Å². The minimum atomic E-state index is -1.37. The van der Waals surface area contributed by atoms with E-state index in [4.69, 9.17) is 0 Å². The van der Waals surface area contributed by atoms with Crippen molar-refractivity contribution < 1.29 is 30.0 Å². The summed E-state index contributed by atoms with van der Waals surface area (Å²) in [6.07, 6.45) is 5.81. The van der Waals surface area contributed by atoms with E-state index in [0.29, 0.717) is 5.56 Å². The molecule has 4 aromatic rings. The normalized spacial score (nSPS) is 12.3. The molecule has 1 radical (unpaired) electrons. The molecule has 217 valence electrons. The van der Waals surface area contributed by atoms with Gasteiger partial charge in [0.1, 0.15) is 0 Å². The van der Waals surface area contributed by atoms with Crippen molar-refractivity contribution in [3.05, 3.63) is 84.3 Å². The summed E-state index contributed by atoms with van der Waals surface area (Å²) in [4.78, 5) is 16.2. The van der Waals surface area contributed by atoms with Gasteiger partial charge in [0.2, 0.25) is 0 Å². The summed E-state index contributed by atoms with van der Waals surface area (Å²) in [6, 6.07) is 24.3. The van der Waals surface area contributed by atoms with Crippen LogP contribution in [0.5, 0.6) is 0 Å². The molecule has 0 saturated carbocycles. The maximum atomic E-state index is 11.6. The predicted molar refractivity (Wildman–Crippen MR) is 170 cm³/mol. The van der Waals surface area contributed by atoms with Gasteiger partial charge in [-0.1, -0.05) is 99.9 Å². The fourth-order valence-electron chi connectivity index (χ4n) is 4.62. The van der Waals surface area contributed by atoms with Crippen LogP contribution in [0.25, 0.3) is 32.8 Å². The van der Waals surface area contributed by atoms with Crippen LogP contribution in [0.3, 0.4) is 0 Å². The Morgan fingerprint density at radius 3 is 2.32 bits per heavy atom. The second-order valence-corrected chi connectivity index (χ2v) is 16.5. The molecule has 0 spiro atoms. The van der Waals surface area contributed by atoms with Crippen molar-refractivity contribution in [2.75, 3.05) is 0 Å². The molecular formula is C35H41IrN2O2Si-. The Morgan fingerprint density at radius 1 is 1.02 bits per heavy atom. The summed E-state index contributed by atoms with van der Waals surface area (Å²) in [6.45, 7) is 15.0. The first-order valence-corrected chi connectivity index (χ1v) is 17.7. The number of carbonyl (C=O) groups is 1. The third-order valence-electron chi connectivity index (χ3n) is 7.58. The molecule has 4 rings (SSSR count). The second-order valence-electron chi connectivity index (χ2n) is 11.4. The van der Waals surface area contributed by atoms with Gasteiger partial charge in [-0.15, -0.1) is 23.6 Å². The molecule has 1 heterocycles. The summed E-state index contributed by atoms with van der Waals surface area (Å²) in [5.74, 6) is 0.451. The fraction of sp³-hybridized carbons (Fsp3) is 0.343. The second kappa shape index (κ2) is 15.2. The van der Waals surface area contributed by atoms with Crippen LogP contribution in [0.2, 0.25) is 19.6 Å². The molecule has 0 bridgehead atoms.